The molecule has 2 aromatic carbocycles. The number of alkyl halides is 3. The van der Waals surface area contributed by atoms with Gasteiger partial charge in [0.2, 0.25) is 5.88 Å². The monoisotopic (exact) mass is 514 g/mol. The Morgan fingerprint density at radius 1 is 1.11 bits per heavy atom. The van der Waals surface area contributed by atoms with E-state index in [-0.39, 0.29) is 28.6 Å². The number of hydrogen-bond acceptors (Lipinski definition) is 5. The summed E-state index contributed by atoms with van der Waals surface area (Å²) in [6, 6.07) is 14.6. The summed E-state index contributed by atoms with van der Waals surface area (Å²) in [6.45, 7) is 2.50. The number of hydrogen-bond donors (Lipinski definition) is 2. The highest BCUT2D eigenvalue weighted by Gasteiger charge is 2.33. The van der Waals surface area contributed by atoms with Gasteiger partial charge >= 0.3 is 11.2 Å². The maximum absolute atomic E-state index is 13.9. The van der Waals surface area contributed by atoms with Gasteiger partial charge in [-0.05, 0) is 80.0 Å². The number of para-hydroxylation sites is 1. The number of imidazole rings is 1. The lowest BCUT2D eigenvalue weighted by atomic mass is 9.90. The van der Waals surface area contributed by atoms with Gasteiger partial charge in [0.05, 0.1) is 22.9 Å². The molecule has 0 radical (unpaired) electrons. The molecule has 2 N–H and O–H groups in total. The Hall–Kier alpha value is -3.24. The van der Waals surface area contributed by atoms with E-state index in [1.165, 1.54) is 24.3 Å². The van der Waals surface area contributed by atoms with Gasteiger partial charge in [0, 0.05) is 22.5 Å². The largest absolute Gasteiger partial charge is 0.493 e. The van der Waals surface area contributed by atoms with E-state index < -0.39 is 17.2 Å². The molecule has 36 heavy (non-hydrogen) atoms. The molecule has 4 aromatic rings. The highest BCUT2D eigenvalue weighted by molar-refractivity contribution is 8.00. The molecule has 188 valence electrons. The van der Waals surface area contributed by atoms with Crippen LogP contribution in [0.2, 0.25) is 0 Å². The fourth-order valence-electron chi connectivity index (χ4n) is 5.03. The van der Waals surface area contributed by atoms with E-state index >= 15 is 0 Å². The van der Waals surface area contributed by atoms with Gasteiger partial charge in [0.1, 0.15) is 0 Å². The topological polar surface area (TPSA) is 72.1 Å². The quantitative estimate of drug-likeness (QED) is 0.342. The van der Waals surface area contributed by atoms with Crippen LogP contribution in [0.3, 0.4) is 0 Å². The predicted molar refractivity (Wildman–Crippen MR) is 134 cm³/mol. The van der Waals surface area contributed by atoms with Crippen LogP contribution in [-0.4, -0.2) is 37.3 Å². The highest BCUT2D eigenvalue weighted by atomic mass is 32.2. The zero-order chi connectivity index (χ0) is 25.4. The standard InChI is InChI=1S/C26H25F3N4O2S/c1-16-24(34)33(17-9-11-18(12-10-17)36-26(27,28)29)25(35)32(16)23(22-8-4-5-14-30-22)20-13-15-31-21-7-3-2-6-19(20)21/h2-3,6-7,9-13,15,22-23,30,34H,4-5,8,14H2,1H3. The third-order valence-corrected chi connectivity index (χ3v) is 7.37. The van der Waals surface area contributed by atoms with E-state index in [1.807, 2.05) is 30.3 Å². The Labute approximate surface area is 209 Å². The zero-order valence-electron chi connectivity index (χ0n) is 19.5. The number of fused-ring (bicyclic) bond motifs is 1. The summed E-state index contributed by atoms with van der Waals surface area (Å²) >= 11 is -0.226. The van der Waals surface area contributed by atoms with Gasteiger partial charge in [-0.1, -0.05) is 24.6 Å². The first-order valence-electron chi connectivity index (χ1n) is 11.7. The molecule has 0 spiro atoms. The van der Waals surface area contributed by atoms with E-state index in [9.17, 15) is 23.1 Å². The Balaban J connectivity index is 1.65. The fourth-order valence-corrected chi connectivity index (χ4v) is 5.57. The van der Waals surface area contributed by atoms with Crippen molar-refractivity contribution in [2.75, 3.05) is 6.54 Å². The Bertz CT molecular complexity index is 1440. The Kier molecular flexibility index (Phi) is 6.57. The molecule has 1 aliphatic rings. The molecule has 1 fully saturated rings. The van der Waals surface area contributed by atoms with Crippen LogP contribution in [0.1, 0.15) is 36.6 Å². The molecule has 1 saturated heterocycles. The number of nitrogens with one attached hydrogen (secondary N) is 1. The minimum Gasteiger partial charge on any atom is -0.493 e. The molecule has 6 nitrogen and oxygen atoms in total. The van der Waals surface area contributed by atoms with Crippen molar-refractivity contribution in [1.29, 1.82) is 0 Å². The van der Waals surface area contributed by atoms with Crippen molar-refractivity contribution in [2.24, 2.45) is 0 Å². The van der Waals surface area contributed by atoms with E-state index in [4.69, 9.17) is 0 Å². The molecular formula is C26H25F3N4O2S. The van der Waals surface area contributed by atoms with Crippen LogP contribution in [0.4, 0.5) is 13.2 Å². The van der Waals surface area contributed by atoms with Crippen molar-refractivity contribution < 1.29 is 18.3 Å². The molecule has 3 heterocycles. The van der Waals surface area contributed by atoms with Crippen LogP contribution >= 0.6 is 11.8 Å². The fraction of sp³-hybridized carbons (Fsp3) is 0.308. The van der Waals surface area contributed by atoms with Crippen LogP contribution < -0.4 is 11.0 Å². The minimum absolute atomic E-state index is 0.00230. The number of thioether (sulfide) groups is 1. The van der Waals surface area contributed by atoms with E-state index in [1.54, 1.807) is 17.7 Å². The third-order valence-electron chi connectivity index (χ3n) is 6.63. The van der Waals surface area contributed by atoms with Gasteiger partial charge in [-0.25, -0.2) is 9.36 Å². The molecule has 1 aliphatic heterocycles. The summed E-state index contributed by atoms with van der Waals surface area (Å²) in [5.41, 5.74) is -2.47. The van der Waals surface area contributed by atoms with Gasteiger partial charge < -0.3 is 10.4 Å². The number of aromatic nitrogens is 3. The number of aromatic hydroxyl groups is 1. The van der Waals surface area contributed by atoms with Crippen LogP contribution in [-0.2, 0) is 0 Å². The molecule has 2 unspecified atom stereocenters. The maximum Gasteiger partial charge on any atom is 0.446 e. The summed E-state index contributed by atoms with van der Waals surface area (Å²) in [7, 11) is 0. The molecule has 0 aliphatic carbocycles. The Morgan fingerprint density at radius 3 is 2.56 bits per heavy atom. The zero-order valence-corrected chi connectivity index (χ0v) is 20.3. The van der Waals surface area contributed by atoms with Crippen molar-refractivity contribution >= 4 is 22.7 Å². The highest BCUT2D eigenvalue weighted by Crippen LogP contribution is 2.38. The second-order valence-corrected chi connectivity index (χ2v) is 10.00. The summed E-state index contributed by atoms with van der Waals surface area (Å²) in [6.07, 6.45) is 4.63. The average molecular weight is 515 g/mol. The van der Waals surface area contributed by atoms with Gasteiger partial charge in [0.15, 0.2) is 0 Å². The SMILES string of the molecule is Cc1c(O)n(-c2ccc(SC(F)(F)F)cc2)c(=O)n1C(c1ccnc2ccccc12)C1CCCCN1. The van der Waals surface area contributed by atoms with Gasteiger partial charge in [-0.15, -0.1) is 0 Å². The summed E-state index contributed by atoms with van der Waals surface area (Å²) in [5, 5.41) is 15.5. The number of nitrogens with zero attached hydrogens (tertiary/aromatic N) is 3. The van der Waals surface area contributed by atoms with Crippen LogP contribution in [0.15, 0.2) is 70.5 Å². The summed E-state index contributed by atoms with van der Waals surface area (Å²) in [5.74, 6) is -0.240. The van der Waals surface area contributed by atoms with Crippen molar-refractivity contribution in [2.45, 2.75) is 48.7 Å². The number of rotatable bonds is 5. The maximum atomic E-state index is 13.9. The molecule has 2 atom stereocenters. The first-order valence-corrected chi connectivity index (χ1v) is 12.5. The number of halogens is 3. The van der Waals surface area contributed by atoms with E-state index in [0.29, 0.717) is 11.4 Å². The summed E-state index contributed by atoms with van der Waals surface area (Å²) < 4.78 is 41.0. The van der Waals surface area contributed by atoms with Gasteiger partial charge in [-0.2, -0.15) is 13.2 Å². The predicted octanol–water partition coefficient (Wildman–Crippen LogP) is 5.54. The summed E-state index contributed by atoms with van der Waals surface area (Å²) in [4.78, 5) is 18.3. The number of benzene rings is 2. The molecule has 10 heteroatoms. The smallest absolute Gasteiger partial charge is 0.446 e. The van der Waals surface area contributed by atoms with E-state index in [0.717, 1.165) is 46.8 Å². The molecule has 2 aromatic heterocycles. The van der Waals surface area contributed by atoms with Crippen LogP contribution in [0, 0.1) is 6.92 Å². The minimum atomic E-state index is -4.41. The Morgan fingerprint density at radius 2 is 1.86 bits per heavy atom. The van der Waals surface area contributed by atoms with E-state index in [2.05, 4.69) is 10.3 Å². The molecular weight excluding hydrogens is 489 g/mol. The van der Waals surface area contributed by atoms with Crippen LogP contribution in [0.25, 0.3) is 16.6 Å². The number of piperidine rings is 1. The van der Waals surface area contributed by atoms with Crippen LogP contribution in [0.5, 0.6) is 5.88 Å². The second kappa shape index (κ2) is 9.67. The van der Waals surface area contributed by atoms with Crippen molar-refractivity contribution in [3.05, 3.63) is 82.5 Å². The number of pyridine rings is 1. The molecule has 0 amide bonds. The lowest BCUT2D eigenvalue weighted by molar-refractivity contribution is -0.0328. The molecule has 0 bridgehead atoms. The second-order valence-electron chi connectivity index (χ2n) is 8.86. The normalized spacial score (nSPS) is 17.4. The molecule has 0 saturated carbocycles. The van der Waals surface area contributed by atoms with Gasteiger partial charge in [-0.3, -0.25) is 9.55 Å². The van der Waals surface area contributed by atoms with Crippen molar-refractivity contribution in [3.8, 4) is 11.6 Å². The first-order chi connectivity index (χ1) is 17.2. The lowest BCUT2D eigenvalue weighted by Gasteiger charge is -2.33. The van der Waals surface area contributed by atoms with Gasteiger partial charge in [0.25, 0.3) is 0 Å². The molecule has 5 rings (SSSR count). The van der Waals surface area contributed by atoms with Crippen molar-refractivity contribution in [1.82, 2.24) is 19.4 Å². The average Bonchev–Trinajstić information content (AvgIpc) is 3.08. The first kappa shape index (κ1) is 24.5. The lowest BCUT2D eigenvalue weighted by Crippen LogP contribution is -2.44. The van der Waals surface area contributed by atoms with Crippen molar-refractivity contribution in [3.63, 3.8) is 0 Å². The third kappa shape index (κ3) is 4.62.